The SMILES string of the molecule is NNC(=O)NNC(=O)c1ccc(-n2c3c(c4ccccc42)CCCC3)cc1. The number of nitrogens with two attached hydrogens (primary N) is 1. The van der Waals surface area contributed by atoms with Gasteiger partial charge in [0.2, 0.25) is 0 Å². The zero-order chi connectivity index (χ0) is 18.8. The number of benzene rings is 2. The minimum Gasteiger partial charge on any atom is -0.313 e. The van der Waals surface area contributed by atoms with E-state index in [0.717, 1.165) is 18.5 Å². The maximum atomic E-state index is 12.1. The predicted octanol–water partition coefficient (Wildman–Crippen LogP) is 2.33. The molecule has 27 heavy (non-hydrogen) atoms. The Kier molecular flexibility index (Phi) is 4.52. The van der Waals surface area contributed by atoms with Gasteiger partial charge in [0.15, 0.2) is 0 Å². The summed E-state index contributed by atoms with van der Waals surface area (Å²) in [5.41, 5.74) is 11.8. The van der Waals surface area contributed by atoms with Crippen molar-refractivity contribution in [2.75, 3.05) is 0 Å². The Balaban J connectivity index is 1.67. The highest BCUT2D eigenvalue weighted by Gasteiger charge is 2.20. The lowest BCUT2D eigenvalue weighted by Gasteiger charge is -2.16. The summed E-state index contributed by atoms with van der Waals surface area (Å²) >= 11 is 0. The maximum absolute atomic E-state index is 12.1. The normalized spacial score (nSPS) is 13.1. The van der Waals surface area contributed by atoms with E-state index in [-0.39, 0.29) is 0 Å². The van der Waals surface area contributed by atoms with Crippen LogP contribution in [0.4, 0.5) is 4.79 Å². The standard InChI is InChI=1S/C20H21N5O2/c21-22-20(27)24-23-19(26)13-9-11-14(12-10-13)25-17-7-3-1-5-15(17)16-6-2-4-8-18(16)25/h1,3,5,7,9-12H,2,4,6,8,21H2,(H,23,26)(H2,22,24,27). The second-order valence-electron chi connectivity index (χ2n) is 6.58. The van der Waals surface area contributed by atoms with Crippen molar-refractivity contribution in [3.8, 4) is 5.69 Å². The molecule has 7 heteroatoms. The van der Waals surface area contributed by atoms with Gasteiger partial charge in [-0.25, -0.2) is 16.1 Å². The number of amides is 3. The van der Waals surface area contributed by atoms with Crippen LogP contribution in [0.2, 0.25) is 0 Å². The van der Waals surface area contributed by atoms with E-state index in [1.54, 1.807) is 12.1 Å². The third-order valence-corrected chi connectivity index (χ3v) is 4.99. The van der Waals surface area contributed by atoms with Gasteiger partial charge in [0.05, 0.1) is 5.52 Å². The Bertz CT molecular complexity index is 1010. The molecule has 0 aliphatic heterocycles. The summed E-state index contributed by atoms with van der Waals surface area (Å²) in [4.78, 5) is 23.2. The van der Waals surface area contributed by atoms with E-state index in [0.29, 0.717) is 5.56 Å². The molecule has 3 amide bonds. The molecule has 0 bridgehead atoms. The quantitative estimate of drug-likeness (QED) is 0.319. The molecule has 7 nitrogen and oxygen atoms in total. The average Bonchev–Trinajstić information content (AvgIpc) is 3.06. The molecule has 0 atom stereocenters. The predicted molar refractivity (Wildman–Crippen MR) is 103 cm³/mol. The van der Waals surface area contributed by atoms with E-state index in [9.17, 15) is 9.59 Å². The number of hydrazine groups is 2. The molecule has 0 saturated carbocycles. The van der Waals surface area contributed by atoms with Crippen molar-refractivity contribution >= 4 is 22.8 Å². The lowest BCUT2D eigenvalue weighted by atomic mass is 9.95. The molecular formula is C20H21N5O2. The number of hydrogen-bond acceptors (Lipinski definition) is 3. The first-order valence-electron chi connectivity index (χ1n) is 8.97. The van der Waals surface area contributed by atoms with Crippen molar-refractivity contribution in [2.24, 2.45) is 5.84 Å². The van der Waals surface area contributed by atoms with Crippen LogP contribution < -0.4 is 22.1 Å². The van der Waals surface area contributed by atoms with Gasteiger partial charge in [0.25, 0.3) is 5.91 Å². The van der Waals surface area contributed by atoms with Crippen LogP contribution in [0.3, 0.4) is 0 Å². The van der Waals surface area contributed by atoms with Crippen LogP contribution in [0.15, 0.2) is 48.5 Å². The Labute approximate surface area is 156 Å². The molecule has 5 N–H and O–H groups in total. The highest BCUT2D eigenvalue weighted by Crippen LogP contribution is 2.34. The van der Waals surface area contributed by atoms with Crippen LogP contribution >= 0.6 is 0 Å². The van der Waals surface area contributed by atoms with E-state index >= 15 is 0 Å². The first-order valence-corrected chi connectivity index (χ1v) is 8.97. The first-order chi connectivity index (χ1) is 13.2. The smallest absolute Gasteiger partial charge is 0.313 e. The zero-order valence-electron chi connectivity index (χ0n) is 14.8. The van der Waals surface area contributed by atoms with Crippen LogP contribution in [0.25, 0.3) is 16.6 Å². The largest absolute Gasteiger partial charge is 0.347 e. The summed E-state index contributed by atoms with van der Waals surface area (Å²) in [6.07, 6.45) is 4.59. The minimum atomic E-state index is -0.689. The summed E-state index contributed by atoms with van der Waals surface area (Å²) in [6.45, 7) is 0. The maximum Gasteiger partial charge on any atom is 0.347 e. The number of para-hydroxylation sites is 1. The van der Waals surface area contributed by atoms with Crippen molar-refractivity contribution in [3.63, 3.8) is 0 Å². The number of carbonyl (C=O) groups is 2. The Hall–Kier alpha value is -3.32. The number of urea groups is 1. The lowest BCUT2D eigenvalue weighted by Crippen LogP contribution is -2.49. The monoisotopic (exact) mass is 363 g/mol. The van der Waals surface area contributed by atoms with E-state index in [1.807, 2.05) is 17.6 Å². The summed E-state index contributed by atoms with van der Waals surface area (Å²) in [5.74, 6) is 4.54. The van der Waals surface area contributed by atoms with Gasteiger partial charge in [-0.05, 0) is 61.6 Å². The van der Waals surface area contributed by atoms with Gasteiger partial charge >= 0.3 is 6.03 Å². The van der Waals surface area contributed by atoms with E-state index in [4.69, 9.17) is 5.84 Å². The lowest BCUT2D eigenvalue weighted by molar-refractivity contribution is 0.0936. The topological polar surface area (TPSA) is 101 Å². The molecule has 1 heterocycles. The van der Waals surface area contributed by atoms with Gasteiger partial charge in [-0.1, -0.05) is 18.2 Å². The number of carbonyl (C=O) groups excluding carboxylic acids is 2. The van der Waals surface area contributed by atoms with Crippen molar-refractivity contribution in [1.82, 2.24) is 20.8 Å². The summed E-state index contributed by atoms with van der Waals surface area (Å²) in [7, 11) is 0. The summed E-state index contributed by atoms with van der Waals surface area (Å²) in [5, 5.41) is 1.31. The molecule has 4 rings (SSSR count). The molecule has 3 aromatic rings. The number of nitrogens with one attached hydrogen (secondary N) is 3. The number of rotatable bonds is 2. The Morgan fingerprint density at radius 1 is 0.926 bits per heavy atom. The fraction of sp³-hybridized carbons (Fsp3) is 0.200. The molecule has 0 saturated heterocycles. The zero-order valence-corrected chi connectivity index (χ0v) is 14.8. The van der Waals surface area contributed by atoms with Crippen molar-refractivity contribution in [1.29, 1.82) is 0 Å². The van der Waals surface area contributed by atoms with E-state index in [2.05, 4.69) is 39.7 Å². The molecule has 138 valence electrons. The van der Waals surface area contributed by atoms with Crippen molar-refractivity contribution in [3.05, 3.63) is 65.4 Å². The third-order valence-electron chi connectivity index (χ3n) is 4.99. The Morgan fingerprint density at radius 2 is 1.67 bits per heavy atom. The van der Waals surface area contributed by atoms with Gasteiger partial charge < -0.3 is 4.57 Å². The number of aryl methyl sites for hydroxylation is 1. The minimum absolute atomic E-state index is 0.412. The number of aromatic nitrogens is 1. The van der Waals surface area contributed by atoms with E-state index < -0.39 is 11.9 Å². The van der Waals surface area contributed by atoms with Gasteiger partial charge in [-0.2, -0.15) is 0 Å². The fourth-order valence-electron chi connectivity index (χ4n) is 3.77. The number of fused-ring (bicyclic) bond motifs is 3. The second-order valence-corrected chi connectivity index (χ2v) is 6.58. The Morgan fingerprint density at radius 3 is 2.44 bits per heavy atom. The van der Waals surface area contributed by atoms with Gasteiger partial charge in [-0.3, -0.25) is 15.6 Å². The van der Waals surface area contributed by atoms with Crippen LogP contribution in [-0.4, -0.2) is 16.5 Å². The van der Waals surface area contributed by atoms with Gasteiger partial charge in [0.1, 0.15) is 0 Å². The van der Waals surface area contributed by atoms with Crippen molar-refractivity contribution in [2.45, 2.75) is 25.7 Å². The molecule has 0 spiro atoms. The average molecular weight is 363 g/mol. The summed E-state index contributed by atoms with van der Waals surface area (Å²) in [6, 6.07) is 15.1. The first kappa shape index (κ1) is 17.1. The van der Waals surface area contributed by atoms with Crippen molar-refractivity contribution < 1.29 is 9.59 Å². The molecule has 1 aromatic heterocycles. The molecule has 0 unspecified atom stereocenters. The van der Waals surface area contributed by atoms with Gasteiger partial charge in [0, 0.05) is 22.3 Å². The van der Waals surface area contributed by atoms with Gasteiger partial charge in [-0.15, -0.1) is 0 Å². The third kappa shape index (κ3) is 3.13. The van der Waals surface area contributed by atoms with E-state index in [1.165, 1.54) is 35.0 Å². The van der Waals surface area contributed by atoms with Crippen LogP contribution in [0, 0.1) is 0 Å². The number of nitrogens with zero attached hydrogens (tertiary/aromatic N) is 1. The van der Waals surface area contributed by atoms with Crippen LogP contribution in [0.5, 0.6) is 0 Å². The summed E-state index contributed by atoms with van der Waals surface area (Å²) < 4.78 is 2.30. The van der Waals surface area contributed by atoms with Crippen LogP contribution in [0.1, 0.15) is 34.5 Å². The molecular weight excluding hydrogens is 342 g/mol. The highest BCUT2D eigenvalue weighted by atomic mass is 16.2. The number of hydrogen-bond donors (Lipinski definition) is 4. The molecule has 0 fully saturated rings. The molecule has 0 radical (unpaired) electrons. The second kappa shape index (κ2) is 7.13. The molecule has 2 aromatic carbocycles. The molecule has 1 aliphatic carbocycles. The fourth-order valence-corrected chi connectivity index (χ4v) is 3.77. The molecule has 1 aliphatic rings. The van der Waals surface area contributed by atoms with Crippen LogP contribution in [-0.2, 0) is 12.8 Å². The highest BCUT2D eigenvalue weighted by molar-refractivity contribution is 5.95.